The van der Waals surface area contributed by atoms with Crippen LogP contribution >= 0.6 is 15.9 Å². The lowest BCUT2D eigenvalue weighted by molar-refractivity contribution is 0.474. The molecule has 1 unspecified atom stereocenters. The molecule has 2 aromatic carbocycles. The molecule has 1 N–H and O–H groups in total. The SMILES string of the molecule is CCCNC(c1cc(Br)ccc1F)c1cccc(F)c1F. The second kappa shape index (κ2) is 7.09. The average Bonchev–Trinajstić information content (AvgIpc) is 2.47. The van der Waals surface area contributed by atoms with Crippen molar-refractivity contribution in [2.24, 2.45) is 0 Å². The molecule has 0 fully saturated rings. The third kappa shape index (κ3) is 3.66. The highest BCUT2D eigenvalue weighted by molar-refractivity contribution is 9.10. The highest BCUT2D eigenvalue weighted by Gasteiger charge is 2.22. The Morgan fingerprint density at radius 2 is 1.81 bits per heavy atom. The summed E-state index contributed by atoms with van der Waals surface area (Å²) in [5, 5.41) is 3.07. The molecule has 1 nitrogen and oxygen atoms in total. The Kier molecular flexibility index (Phi) is 5.42. The van der Waals surface area contributed by atoms with Crippen molar-refractivity contribution < 1.29 is 13.2 Å². The molecule has 0 amide bonds. The fourth-order valence-corrected chi connectivity index (χ4v) is 2.53. The smallest absolute Gasteiger partial charge is 0.163 e. The number of nitrogens with one attached hydrogen (secondary N) is 1. The summed E-state index contributed by atoms with van der Waals surface area (Å²) in [7, 11) is 0. The summed E-state index contributed by atoms with van der Waals surface area (Å²) in [6.07, 6.45) is 0.795. The van der Waals surface area contributed by atoms with Crippen LogP contribution in [0.5, 0.6) is 0 Å². The zero-order valence-corrected chi connectivity index (χ0v) is 13.1. The normalized spacial score (nSPS) is 12.4. The molecule has 0 aromatic heterocycles. The van der Waals surface area contributed by atoms with Gasteiger partial charge < -0.3 is 5.32 Å². The van der Waals surface area contributed by atoms with Crippen LogP contribution in [0.25, 0.3) is 0 Å². The lowest BCUT2D eigenvalue weighted by atomic mass is 9.97. The summed E-state index contributed by atoms with van der Waals surface area (Å²) in [6.45, 7) is 2.51. The molecule has 0 aliphatic heterocycles. The fourth-order valence-electron chi connectivity index (χ4n) is 2.16. The summed E-state index contributed by atoms with van der Waals surface area (Å²) in [5.74, 6) is -2.35. The monoisotopic (exact) mass is 357 g/mol. The lowest BCUT2D eigenvalue weighted by Crippen LogP contribution is -2.25. The Labute approximate surface area is 130 Å². The molecule has 0 bridgehead atoms. The van der Waals surface area contributed by atoms with Gasteiger partial charge in [0.05, 0.1) is 6.04 Å². The number of benzene rings is 2. The maximum atomic E-state index is 14.1. The minimum Gasteiger partial charge on any atom is -0.306 e. The first-order valence-electron chi connectivity index (χ1n) is 6.66. The minimum atomic E-state index is -0.953. The summed E-state index contributed by atoms with van der Waals surface area (Å²) in [5.41, 5.74) is 0.378. The topological polar surface area (TPSA) is 12.0 Å². The van der Waals surface area contributed by atoms with Gasteiger partial charge in [-0.15, -0.1) is 0 Å². The van der Waals surface area contributed by atoms with E-state index in [-0.39, 0.29) is 11.1 Å². The molecule has 2 aromatic rings. The van der Waals surface area contributed by atoms with E-state index in [2.05, 4.69) is 21.2 Å². The van der Waals surface area contributed by atoms with Crippen LogP contribution < -0.4 is 5.32 Å². The van der Waals surface area contributed by atoms with E-state index in [0.717, 1.165) is 12.5 Å². The van der Waals surface area contributed by atoms with E-state index in [1.807, 2.05) is 6.92 Å². The predicted octanol–water partition coefficient (Wildman–Crippen LogP) is 4.96. The van der Waals surface area contributed by atoms with Gasteiger partial charge in [0.15, 0.2) is 11.6 Å². The molecule has 0 heterocycles. The molecule has 0 spiro atoms. The van der Waals surface area contributed by atoms with Gasteiger partial charge in [-0.2, -0.15) is 0 Å². The molecule has 0 saturated carbocycles. The van der Waals surface area contributed by atoms with Crippen LogP contribution in [0, 0.1) is 17.5 Å². The summed E-state index contributed by atoms with van der Waals surface area (Å²) >= 11 is 3.28. The molecule has 0 saturated heterocycles. The molecule has 0 aliphatic carbocycles. The van der Waals surface area contributed by atoms with Crippen LogP contribution in [0.4, 0.5) is 13.2 Å². The highest BCUT2D eigenvalue weighted by Crippen LogP contribution is 2.29. The van der Waals surface area contributed by atoms with Crippen molar-refractivity contribution >= 4 is 15.9 Å². The number of hydrogen-bond donors (Lipinski definition) is 1. The minimum absolute atomic E-state index is 0.0976. The van der Waals surface area contributed by atoms with Gasteiger partial charge in [0.1, 0.15) is 5.82 Å². The summed E-state index contributed by atoms with van der Waals surface area (Å²) in [4.78, 5) is 0. The van der Waals surface area contributed by atoms with Crippen LogP contribution in [0.3, 0.4) is 0 Å². The van der Waals surface area contributed by atoms with Gasteiger partial charge in [-0.3, -0.25) is 0 Å². The second-order valence-corrected chi connectivity index (χ2v) is 5.61. The zero-order valence-electron chi connectivity index (χ0n) is 11.5. The van der Waals surface area contributed by atoms with Crippen molar-refractivity contribution in [3.8, 4) is 0 Å². The second-order valence-electron chi connectivity index (χ2n) is 4.70. The number of rotatable bonds is 5. The maximum absolute atomic E-state index is 14.1. The first-order chi connectivity index (χ1) is 10.0. The van der Waals surface area contributed by atoms with Gasteiger partial charge in [-0.25, -0.2) is 13.2 Å². The summed E-state index contributed by atoms with van der Waals surface area (Å²) < 4.78 is 42.3. The largest absolute Gasteiger partial charge is 0.306 e. The van der Waals surface area contributed by atoms with Crippen molar-refractivity contribution in [2.45, 2.75) is 19.4 Å². The van der Waals surface area contributed by atoms with Crippen molar-refractivity contribution in [3.05, 3.63) is 69.4 Å². The highest BCUT2D eigenvalue weighted by atomic mass is 79.9. The third-order valence-electron chi connectivity index (χ3n) is 3.16. The van der Waals surface area contributed by atoms with Crippen molar-refractivity contribution in [3.63, 3.8) is 0 Å². The molecule has 21 heavy (non-hydrogen) atoms. The quantitative estimate of drug-likeness (QED) is 0.797. The molecule has 2 rings (SSSR count). The van der Waals surface area contributed by atoms with Crippen LogP contribution in [0.2, 0.25) is 0 Å². The van der Waals surface area contributed by atoms with E-state index in [0.29, 0.717) is 11.0 Å². The van der Waals surface area contributed by atoms with Crippen molar-refractivity contribution in [2.75, 3.05) is 6.54 Å². The van der Waals surface area contributed by atoms with Gasteiger partial charge in [0.2, 0.25) is 0 Å². The Morgan fingerprint density at radius 1 is 1.05 bits per heavy atom. The molecule has 0 aliphatic rings. The molecular formula is C16H15BrF3N. The third-order valence-corrected chi connectivity index (χ3v) is 3.65. The molecule has 1 atom stereocenters. The Morgan fingerprint density at radius 3 is 2.52 bits per heavy atom. The van der Waals surface area contributed by atoms with E-state index in [1.165, 1.54) is 18.2 Å². The van der Waals surface area contributed by atoms with Gasteiger partial charge >= 0.3 is 0 Å². The Balaban J connectivity index is 2.52. The Bertz CT molecular complexity index is 629. The Hall–Kier alpha value is -1.33. The number of halogens is 4. The van der Waals surface area contributed by atoms with Crippen molar-refractivity contribution in [1.82, 2.24) is 5.32 Å². The first-order valence-corrected chi connectivity index (χ1v) is 7.46. The molecule has 0 radical (unpaired) electrons. The van der Waals surface area contributed by atoms with E-state index >= 15 is 0 Å². The van der Waals surface area contributed by atoms with Crippen LogP contribution in [0.15, 0.2) is 40.9 Å². The van der Waals surface area contributed by atoms with Gasteiger partial charge in [-0.1, -0.05) is 35.0 Å². The van der Waals surface area contributed by atoms with Crippen LogP contribution in [-0.4, -0.2) is 6.54 Å². The maximum Gasteiger partial charge on any atom is 0.163 e. The summed E-state index contributed by atoms with van der Waals surface area (Å²) in [6, 6.07) is 7.64. The van der Waals surface area contributed by atoms with Crippen LogP contribution in [-0.2, 0) is 0 Å². The molecular weight excluding hydrogens is 343 g/mol. The van der Waals surface area contributed by atoms with Crippen molar-refractivity contribution in [1.29, 1.82) is 0 Å². The average molecular weight is 358 g/mol. The van der Waals surface area contributed by atoms with E-state index in [4.69, 9.17) is 0 Å². The molecule has 5 heteroatoms. The molecule has 112 valence electrons. The fraction of sp³-hybridized carbons (Fsp3) is 0.250. The van der Waals surface area contributed by atoms with E-state index in [1.54, 1.807) is 12.1 Å². The van der Waals surface area contributed by atoms with E-state index in [9.17, 15) is 13.2 Å². The first kappa shape index (κ1) is 16.0. The standard InChI is InChI=1S/C16H15BrF3N/c1-2-8-21-16(11-4-3-5-14(19)15(11)20)12-9-10(17)6-7-13(12)18/h3-7,9,16,21H,2,8H2,1H3. The number of hydrogen-bond acceptors (Lipinski definition) is 1. The van der Waals surface area contributed by atoms with Gasteiger partial charge in [0.25, 0.3) is 0 Å². The zero-order chi connectivity index (χ0) is 15.4. The van der Waals surface area contributed by atoms with Crippen LogP contribution in [0.1, 0.15) is 30.5 Å². The lowest BCUT2D eigenvalue weighted by Gasteiger charge is -2.21. The van der Waals surface area contributed by atoms with Gasteiger partial charge in [-0.05, 0) is 37.2 Å². The van der Waals surface area contributed by atoms with E-state index < -0.39 is 23.5 Å². The predicted molar refractivity (Wildman–Crippen MR) is 80.6 cm³/mol. The van der Waals surface area contributed by atoms with Gasteiger partial charge in [0, 0.05) is 15.6 Å².